The molecule has 1 aliphatic rings. The fourth-order valence-electron chi connectivity index (χ4n) is 2.16. The molecule has 0 spiro atoms. The molecule has 0 aromatic carbocycles. The molecule has 1 saturated carbocycles. The van der Waals surface area contributed by atoms with Crippen LogP contribution in [-0.2, 0) is 4.74 Å². The minimum absolute atomic E-state index is 0.173. The number of hydrogen-bond donors (Lipinski definition) is 2. The van der Waals surface area contributed by atoms with Crippen LogP contribution in [0, 0.1) is 0 Å². The quantitative estimate of drug-likeness (QED) is 0.725. The van der Waals surface area contributed by atoms with Crippen LogP contribution >= 0.6 is 0 Å². The van der Waals surface area contributed by atoms with E-state index in [1.54, 1.807) is 6.20 Å². The number of rotatable bonds is 7. The summed E-state index contributed by atoms with van der Waals surface area (Å²) in [6.45, 7) is 1.49. The predicted molar refractivity (Wildman–Crippen MR) is 71.9 cm³/mol. The van der Waals surface area contributed by atoms with E-state index in [1.165, 1.54) is 31.9 Å². The number of hydrogen-bond acceptors (Lipinski definition) is 5. The minimum atomic E-state index is -0.569. The second-order valence-corrected chi connectivity index (χ2v) is 4.71. The largest absolute Gasteiger partial charge is 0.378 e. The molecule has 2 rings (SSSR count). The summed E-state index contributed by atoms with van der Waals surface area (Å²) in [5, 5.41) is 3.10. The standard InChI is InChI=1S/C13H20N4O2/c14-13(18)11-8-15-9-12(17-11)16-6-3-7-19-10-4-1-2-5-10/h8-10H,1-7H2,(H2,14,18)(H,16,17). The Kier molecular flexibility index (Phi) is 5.09. The molecule has 1 amide bonds. The molecular formula is C13H20N4O2. The van der Waals surface area contributed by atoms with Crippen molar-refractivity contribution in [1.29, 1.82) is 0 Å². The van der Waals surface area contributed by atoms with Gasteiger partial charge in [-0.1, -0.05) is 12.8 Å². The highest BCUT2D eigenvalue weighted by molar-refractivity contribution is 5.90. The van der Waals surface area contributed by atoms with Crippen molar-refractivity contribution in [2.75, 3.05) is 18.5 Å². The maximum Gasteiger partial charge on any atom is 0.268 e. The molecule has 0 bridgehead atoms. The van der Waals surface area contributed by atoms with E-state index >= 15 is 0 Å². The van der Waals surface area contributed by atoms with Crippen LogP contribution in [0.3, 0.4) is 0 Å². The zero-order valence-electron chi connectivity index (χ0n) is 11.0. The third kappa shape index (κ3) is 4.48. The number of nitrogens with zero attached hydrogens (tertiary/aromatic N) is 2. The first-order valence-corrected chi connectivity index (χ1v) is 6.73. The Morgan fingerprint density at radius 1 is 1.42 bits per heavy atom. The highest BCUT2D eigenvalue weighted by atomic mass is 16.5. The average Bonchev–Trinajstić information content (AvgIpc) is 2.92. The Labute approximate surface area is 112 Å². The summed E-state index contributed by atoms with van der Waals surface area (Å²) in [6.07, 6.45) is 9.26. The molecule has 19 heavy (non-hydrogen) atoms. The number of nitrogens with two attached hydrogens (primary N) is 1. The lowest BCUT2D eigenvalue weighted by atomic mass is 10.3. The van der Waals surface area contributed by atoms with Crippen molar-refractivity contribution >= 4 is 11.7 Å². The van der Waals surface area contributed by atoms with E-state index in [-0.39, 0.29) is 5.69 Å². The van der Waals surface area contributed by atoms with E-state index in [0.717, 1.165) is 19.6 Å². The van der Waals surface area contributed by atoms with Crippen molar-refractivity contribution < 1.29 is 9.53 Å². The zero-order valence-corrected chi connectivity index (χ0v) is 11.0. The number of primary amides is 1. The van der Waals surface area contributed by atoms with Crippen LogP contribution in [0.4, 0.5) is 5.82 Å². The van der Waals surface area contributed by atoms with E-state index in [9.17, 15) is 4.79 Å². The summed E-state index contributed by atoms with van der Waals surface area (Å²) in [5.74, 6) is -0.00196. The van der Waals surface area contributed by atoms with Gasteiger partial charge in [-0.2, -0.15) is 0 Å². The van der Waals surface area contributed by atoms with E-state index < -0.39 is 5.91 Å². The minimum Gasteiger partial charge on any atom is -0.378 e. The molecule has 1 aromatic heterocycles. The third-order valence-electron chi connectivity index (χ3n) is 3.17. The van der Waals surface area contributed by atoms with Gasteiger partial charge in [0.05, 0.1) is 18.5 Å². The SMILES string of the molecule is NC(=O)c1cncc(NCCCOC2CCCC2)n1. The Bertz CT molecular complexity index is 419. The molecular weight excluding hydrogens is 244 g/mol. The number of ether oxygens (including phenoxy) is 1. The highest BCUT2D eigenvalue weighted by Gasteiger charge is 2.14. The molecule has 1 aliphatic carbocycles. The summed E-state index contributed by atoms with van der Waals surface area (Å²) in [6, 6.07) is 0. The summed E-state index contributed by atoms with van der Waals surface area (Å²) >= 11 is 0. The first kappa shape index (κ1) is 13.7. The van der Waals surface area contributed by atoms with Crippen molar-refractivity contribution in [2.45, 2.75) is 38.2 Å². The van der Waals surface area contributed by atoms with Crippen molar-refractivity contribution in [3.63, 3.8) is 0 Å². The van der Waals surface area contributed by atoms with Crippen molar-refractivity contribution in [3.8, 4) is 0 Å². The fraction of sp³-hybridized carbons (Fsp3) is 0.615. The molecule has 3 N–H and O–H groups in total. The van der Waals surface area contributed by atoms with Crippen LogP contribution in [-0.4, -0.2) is 35.1 Å². The van der Waals surface area contributed by atoms with Gasteiger partial charge < -0.3 is 15.8 Å². The summed E-state index contributed by atoms with van der Waals surface area (Å²) in [7, 11) is 0. The Hall–Kier alpha value is -1.69. The van der Waals surface area contributed by atoms with Gasteiger partial charge in [-0.3, -0.25) is 9.78 Å². The Balaban J connectivity index is 1.64. The van der Waals surface area contributed by atoms with Crippen LogP contribution in [0.1, 0.15) is 42.6 Å². The highest BCUT2D eigenvalue weighted by Crippen LogP contribution is 2.20. The van der Waals surface area contributed by atoms with Gasteiger partial charge >= 0.3 is 0 Å². The van der Waals surface area contributed by atoms with Gasteiger partial charge in [-0.15, -0.1) is 0 Å². The van der Waals surface area contributed by atoms with Crippen LogP contribution < -0.4 is 11.1 Å². The average molecular weight is 264 g/mol. The van der Waals surface area contributed by atoms with Crippen LogP contribution in [0.5, 0.6) is 0 Å². The van der Waals surface area contributed by atoms with E-state index in [0.29, 0.717) is 11.9 Å². The van der Waals surface area contributed by atoms with Gasteiger partial charge in [-0.05, 0) is 19.3 Å². The molecule has 6 heteroatoms. The number of anilines is 1. The molecule has 104 valence electrons. The van der Waals surface area contributed by atoms with Gasteiger partial charge in [0.2, 0.25) is 0 Å². The van der Waals surface area contributed by atoms with Crippen molar-refractivity contribution in [2.24, 2.45) is 5.73 Å². The monoisotopic (exact) mass is 264 g/mol. The molecule has 1 aromatic rings. The normalized spacial score (nSPS) is 15.6. The number of carbonyl (C=O) groups is 1. The zero-order chi connectivity index (χ0) is 13.5. The van der Waals surface area contributed by atoms with E-state index in [4.69, 9.17) is 10.5 Å². The lowest BCUT2D eigenvalue weighted by Crippen LogP contribution is -2.16. The smallest absolute Gasteiger partial charge is 0.268 e. The lowest BCUT2D eigenvalue weighted by molar-refractivity contribution is 0.0583. The molecule has 0 atom stereocenters. The summed E-state index contributed by atoms with van der Waals surface area (Å²) in [4.78, 5) is 18.9. The van der Waals surface area contributed by atoms with Gasteiger partial charge in [0.1, 0.15) is 11.5 Å². The first-order valence-electron chi connectivity index (χ1n) is 6.73. The van der Waals surface area contributed by atoms with Gasteiger partial charge in [-0.25, -0.2) is 4.98 Å². The van der Waals surface area contributed by atoms with Gasteiger partial charge in [0.25, 0.3) is 5.91 Å². The maximum atomic E-state index is 10.9. The number of carbonyl (C=O) groups excluding carboxylic acids is 1. The molecule has 0 radical (unpaired) electrons. The third-order valence-corrected chi connectivity index (χ3v) is 3.17. The number of nitrogens with one attached hydrogen (secondary N) is 1. The molecule has 1 heterocycles. The van der Waals surface area contributed by atoms with Crippen LogP contribution in [0.15, 0.2) is 12.4 Å². The Morgan fingerprint density at radius 2 is 2.21 bits per heavy atom. The lowest BCUT2D eigenvalue weighted by Gasteiger charge is -2.11. The summed E-state index contributed by atoms with van der Waals surface area (Å²) in [5.41, 5.74) is 5.31. The Morgan fingerprint density at radius 3 is 2.95 bits per heavy atom. The first-order chi connectivity index (χ1) is 9.25. The van der Waals surface area contributed by atoms with Crippen molar-refractivity contribution in [1.82, 2.24) is 9.97 Å². The predicted octanol–water partition coefficient (Wildman–Crippen LogP) is 1.34. The molecule has 0 unspecified atom stereocenters. The fourth-order valence-corrected chi connectivity index (χ4v) is 2.16. The number of aromatic nitrogens is 2. The second-order valence-electron chi connectivity index (χ2n) is 4.71. The molecule has 0 saturated heterocycles. The van der Waals surface area contributed by atoms with Gasteiger partial charge in [0.15, 0.2) is 0 Å². The summed E-state index contributed by atoms with van der Waals surface area (Å²) < 4.78 is 5.75. The molecule has 6 nitrogen and oxygen atoms in total. The van der Waals surface area contributed by atoms with Crippen molar-refractivity contribution in [3.05, 3.63) is 18.1 Å². The second kappa shape index (κ2) is 7.04. The molecule has 0 aliphatic heterocycles. The maximum absolute atomic E-state index is 10.9. The van der Waals surface area contributed by atoms with Crippen LogP contribution in [0.2, 0.25) is 0 Å². The van der Waals surface area contributed by atoms with E-state index in [2.05, 4.69) is 15.3 Å². The van der Waals surface area contributed by atoms with Gasteiger partial charge in [0, 0.05) is 13.2 Å². The number of amides is 1. The van der Waals surface area contributed by atoms with Crippen LogP contribution in [0.25, 0.3) is 0 Å². The topological polar surface area (TPSA) is 90.1 Å². The molecule has 1 fully saturated rings. The van der Waals surface area contributed by atoms with E-state index in [1.807, 2.05) is 0 Å².